The second-order valence-electron chi connectivity index (χ2n) is 6.51. The van der Waals surface area contributed by atoms with Crippen molar-refractivity contribution in [2.45, 2.75) is 37.3 Å². The molecule has 1 atom stereocenters. The largest absolute Gasteiger partial charge is 0.346 e. The number of hydrogen-bond acceptors (Lipinski definition) is 4. The van der Waals surface area contributed by atoms with Crippen molar-refractivity contribution in [3.63, 3.8) is 0 Å². The molecule has 1 aliphatic rings. The van der Waals surface area contributed by atoms with Crippen LogP contribution in [0.15, 0.2) is 24.3 Å². The topological polar surface area (TPSA) is 55.1 Å². The first-order valence-electron chi connectivity index (χ1n) is 7.79. The van der Waals surface area contributed by atoms with Crippen LogP contribution in [0.2, 0.25) is 0 Å². The quantitative estimate of drug-likeness (QED) is 0.787. The Morgan fingerprint density at radius 2 is 1.87 bits per heavy atom. The number of carbonyl (C=O) groups excluding carboxylic acids is 1. The molecule has 1 amide bonds. The first-order chi connectivity index (χ1) is 10.4. The summed E-state index contributed by atoms with van der Waals surface area (Å²) in [6, 6.07) is 8.01. The van der Waals surface area contributed by atoms with E-state index in [9.17, 15) is 4.79 Å². The molecule has 0 spiro atoms. The minimum absolute atomic E-state index is 0. The number of hydrogen-bond donors (Lipinski definition) is 2. The molecule has 6 heteroatoms. The lowest BCUT2D eigenvalue weighted by Gasteiger charge is -2.31. The highest BCUT2D eigenvalue weighted by Gasteiger charge is 2.26. The Kier molecular flexibility index (Phi) is 8.28. The van der Waals surface area contributed by atoms with Crippen molar-refractivity contribution in [3.8, 4) is 0 Å². The van der Waals surface area contributed by atoms with Crippen LogP contribution >= 0.6 is 35.9 Å². The molecule has 0 radical (unpaired) electrons. The van der Waals surface area contributed by atoms with Crippen molar-refractivity contribution in [3.05, 3.63) is 35.4 Å². The van der Waals surface area contributed by atoms with Gasteiger partial charge in [0, 0.05) is 29.2 Å². The van der Waals surface area contributed by atoms with E-state index < -0.39 is 0 Å². The van der Waals surface area contributed by atoms with Gasteiger partial charge in [-0.3, -0.25) is 4.79 Å². The van der Waals surface area contributed by atoms with Crippen LogP contribution in [0, 0.1) is 5.92 Å². The number of nitrogens with two attached hydrogens (primary N) is 1. The van der Waals surface area contributed by atoms with Gasteiger partial charge in [0.25, 0.3) is 5.91 Å². The van der Waals surface area contributed by atoms with E-state index in [0.29, 0.717) is 22.6 Å². The maximum atomic E-state index is 12.5. The summed E-state index contributed by atoms with van der Waals surface area (Å²) in [7, 11) is 0. The molecule has 2 rings (SSSR count). The lowest BCUT2D eigenvalue weighted by atomic mass is 9.90. The highest BCUT2D eigenvalue weighted by Crippen LogP contribution is 2.45. The Labute approximate surface area is 154 Å². The van der Waals surface area contributed by atoms with Crippen LogP contribution in [0.1, 0.15) is 47.7 Å². The second-order valence-corrected chi connectivity index (χ2v) is 9.24. The first-order valence-corrected chi connectivity index (χ1v) is 9.89. The van der Waals surface area contributed by atoms with Crippen LogP contribution in [0.4, 0.5) is 0 Å². The van der Waals surface area contributed by atoms with E-state index in [4.69, 9.17) is 5.73 Å². The van der Waals surface area contributed by atoms with Crippen molar-refractivity contribution < 1.29 is 4.79 Å². The molecule has 1 heterocycles. The summed E-state index contributed by atoms with van der Waals surface area (Å²) in [4.78, 5) is 12.5. The number of rotatable bonds is 6. The summed E-state index contributed by atoms with van der Waals surface area (Å²) in [6.07, 6.45) is 0.878. The summed E-state index contributed by atoms with van der Waals surface area (Å²) in [5.74, 6) is 2.88. The Morgan fingerprint density at radius 3 is 2.35 bits per heavy atom. The van der Waals surface area contributed by atoms with Gasteiger partial charge in [-0.25, -0.2) is 0 Å². The van der Waals surface area contributed by atoms with E-state index in [-0.39, 0.29) is 23.9 Å². The fraction of sp³-hybridized carbons (Fsp3) is 0.588. The Balaban J connectivity index is 0.00000264. The fourth-order valence-electron chi connectivity index (χ4n) is 2.78. The zero-order valence-electron chi connectivity index (χ0n) is 14.0. The summed E-state index contributed by atoms with van der Waals surface area (Å²) < 4.78 is 0.521. The van der Waals surface area contributed by atoms with Crippen LogP contribution in [-0.4, -0.2) is 29.5 Å². The molecule has 130 valence electrons. The standard InChI is InChI=1S/C17H26N2OS2.ClH/c1-12(2)10-17(3,11-18)19-15(20)13-4-6-14(7-5-13)16-21-8-9-22-16;/h4-7,12,16H,8-11,18H2,1-3H3,(H,19,20);1H. The maximum Gasteiger partial charge on any atom is 0.251 e. The lowest BCUT2D eigenvalue weighted by molar-refractivity contribution is 0.0898. The van der Waals surface area contributed by atoms with Crippen LogP contribution in [0.5, 0.6) is 0 Å². The molecule has 0 bridgehead atoms. The van der Waals surface area contributed by atoms with E-state index in [1.165, 1.54) is 17.1 Å². The molecule has 3 N–H and O–H groups in total. The third-order valence-corrected chi connectivity index (χ3v) is 6.90. The van der Waals surface area contributed by atoms with Gasteiger partial charge in [0.05, 0.1) is 4.58 Å². The predicted octanol–water partition coefficient (Wildman–Crippen LogP) is 4.08. The van der Waals surface area contributed by atoms with Gasteiger partial charge >= 0.3 is 0 Å². The Bertz CT molecular complexity index is 504. The van der Waals surface area contributed by atoms with Crippen LogP contribution in [0.3, 0.4) is 0 Å². The first kappa shape index (κ1) is 20.7. The molecule has 1 fully saturated rings. The van der Waals surface area contributed by atoms with Crippen LogP contribution in [0.25, 0.3) is 0 Å². The highest BCUT2D eigenvalue weighted by molar-refractivity contribution is 8.19. The van der Waals surface area contributed by atoms with Gasteiger partial charge in [0.2, 0.25) is 0 Å². The lowest BCUT2D eigenvalue weighted by Crippen LogP contribution is -2.52. The normalized spacial score (nSPS) is 17.6. The average Bonchev–Trinajstić information content (AvgIpc) is 3.00. The molecule has 3 nitrogen and oxygen atoms in total. The molecular formula is C17H27ClN2OS2. The monoisotopic (exact) mass is 374 g/mol. The van der Waals surface area contributed by atoms with Crippen LogP contribution < -0.4 is 11.1 Å². The molecular weight excluding hydrogens is 348 g/mol. The number of halogens is 1. The SMILES string of the molecule is CC(C)CC(C)(CN)NC(=O)c1ccc(C2SCCS2)cc1.Cl. The summed E-state index contributed by atoms with van der Waals surface area (Å²) in [5.41, 5.74) is 7.53. The fourth-order valence-corrected chi connectivity index (χ4v) is 5.63. The third kappa shape index (κ3) is 5.89. The van der Waals surface area contributed by atoms with Crippen LogP contribution in [-0.2, 0) is 0 Å². The Morgan fingerprint density at radius 1 is 1.30 bits per heavy atom. The van der Waals surface area contributed by atoms with E-state index >= 15 is 0 Å². The molecule has 23 heavy (non-hydrogen) atoms. The van der Waals surface area contributed by atoms with Gasteiger partial charge in [0.1, 0.15) is 0 Å². The summed E-state index contributed by atoms with van der Waals surface area (Å²) in [6.45, 7) is 6.76. The van der Waals surface area contributed by atoms with Crippen molar-refractivity contribution in [2.24, 2.45) is 11.7 Å². The molecule has 0 saturated carbocycles. The Hall–Kier alpha value is -0.360. The number of amides is 1. The number of benzene rings is 1. The molecule has 0 aliphatic carbocycles. The number of carbonyl (C=O) groups is 1. The van der Waals surface area contributed by atoms with Gasteiger partial charge < -0.3 is 11.1 Å². The summed E-state index contributed by atoms with van der Waals surface area (Å²) >= 11 is 3.95. The van der Waals surface area contributed by atoms with E-state index in [1.807, 2.05) is 42.6 Å². The molecule has 1 aliphatic heterocycles. The van der Waals surface area contributed by atoms with Crippen molar-refractivity contribution in [1.29, 1.82) is 0 Å². The molecule has 1 unspecified atom stereocenters. The molecule has 0 aromatic heterocycles. The van der Waals surface area contributed by atoms with Crippen molar-refractivity contribution in [1.82, 2.24) is 5.32 Å². The molecule has 1 saturated heterocycles. The summed E-state index contributed by atoms with van der Waals surface area (Å²) in [5, 5.41) is 3.11. The van der Waals surface area contributed by atoms with Gasteiger partial charge in [-0.1, -0.05) is 26.0 Å². The number of thioether (sulfide) groups is 2. The van der Waals surface area contributed by atoms with Gasteiger partial charge in [0.15, 0.2) is 0 Å². The van der Waals surface area contributed by atoms with Crippen molar-refractivity contribution >= 4 is 41.8 Å². The second kappa shape index (κ2) is 9.21. The van der Waals surface area contributed by atoms with E-state index in [1.54, 1.807) is 0 Å². The minimum atomic E-state index is -0.346. The molecule has 1 aromatic rings. The van der Waals surface area contributed by atoms with Crippen molar-refractivity contribution in [2.75, 3.05) is 18.1 Å². The molecule has 1 aromatic carbocycles. The number of nitrogens with one attached hydrogen (secondary N) is 1. The zero-order chi connectivity index (χ0) is 16.2. The van der Waals surface area contributed by atoms with Gasteiger partial charge in [-0.15, -0.1) is 35.9 Å². The average molecular weight is 375 g/mol. The zero-order valence-corrected chi connectivity index (χ0v) is 16.5. The third-order valence-electron chi connectivity index (χ3n) is 3.79. The van der Waals surface area contributed by atoms with Gasteiger partial charge in [-0.05, 0) is 37.0 Å². The van der Waals surface area contributed by atoms with Gasteiger partial charge in [-0.2, -0.15) is 0 Å². The van der Waals surface area contributed by atoms with E-state index in [0.717, 1.165) is 6.42 Å². The smallest absolute Gasteiger partial charge is 0.251 e. The predicted molar refractivity (Wildman–Crippen MR) is 106 cm³/mol. The van der Waals surface area contributed by atoms with E-state index in [2.05, 4.69) is 31.3 Å². The highest BCUT2D eigenvalue weighted by atomic mass is 35.5. The minimum Gasteiger partial charge on any atom is -0.346 e. The maximum absolute atomic E-state index is 12.5.